The minimum Gasteiger partial charge on any atom is -0.396 e. The standard InChI is InChI=1S/C17H30O/c1-2-3-4-14-5-9-16(10-6-14)17-11-7-15(13-18)8-12-17/h2,14-18H,1,3-13H2. The second-order valence-corrected chi connectivity index (χ2v) is 6.61. The summed E-state index contributed by atoms with van der Waals surface area (Å²) >= 11 is 0. The third-order valence-corrected chi connectivity index (χ3v) is 5.49. The van der Waals surface area contributed by atoms with Crippen LogP contribution in [-0.2, 0) is 0 Å². The van der Waals surface area contributed by atoms with Crippen molar-refractivity contribution in [2.75, 3.05) is 6.61 Å². The zero-order valence-electron chi connectivity index (χ0n) is 11.8. The van der Waals surface area contributed by atoms with Gasteiger partial charge in [-0.25, -0.2) is 0 Å². The highest BCUT2D eigenvalue weighted by atomic mass is 16.3. The van der Waals surface area contributed by atoms with Crippen molar-refractivity contribution < 1.29 is 5.11 Å². The molecule has 2 aliphatic carbocycles. The lowest BCUT2D eigenvalue weighted by atomic mass is 9.69. The molecule has 0 aromatic heterocycles. The van der Waals surface area contributed by atoms with Gasteiger partial charge in [-0.15, -0.1) is 6.58 Å². The van der Waals surface area contributed by atoms with Gasteiger partial charge in [0.2, 0.25) is 0 Å². The minimum absolute atomic E-state index is 0.418. The molecule has 1 N–H and O–H groups in total. The molecule has 2 aliphatic rings. The molecule has 0 radical (unpaired) electrons. The van der Waals surface area contributed by atoms with Gasteiger partial charge in [0.05, 0.1) is 0 Å². The van der Waals surface area contributed by atoms with E-state index in [1.54, 1.807) is 0 Å². The highest BCUT2D eigenvalue weighted by molar-refractivity contribution is 4.82. The first kappa shape index (κ1) is 14.1. The van der Waals surface area contributed by atoms with E-state index in [1.165, 1.54) is 64.2 Å². The molecule has 104 valence electrons. The quantitative estimate of drug-likeness (QED) is 0.709. The first-order valence-corrected chi connectivity index (χ1v) is 8.05. The van der Waals surface area contributed by atoms with Gasteiger partial charge in [-0.2, -0.15) is 0 Å². The largest absolute Gasteiger partial charge is 0.396 e. The molecule has 1 nitrogen and oxygen atoms in total. The van der Waals surface area contributed by atoms with Crippen LogP contribution < -0.4 is 0 Å². The van der Waals surface area contributed by atoms with Crippen LogP contribution in [-0.4, -0.2) is 11.7 Å². The zero-order chi connectivity index (χ0) is 12.8. The molecule has 0 heterocycles. The van der Waals surface area contributed by atoms with E-state index in [-0.39, 0.29) is 0 Å². The highest BCUT2D eigenvalue weighted by Crippen LogP contribution is 2.42. The summed E-state index contributed by atoms with van der Waals surface area (Å²) in [6, 6.07) is 0. The second kappa shape index (κ2) is 7.33. The molecule has 0 unspecified atom stereocenters. The summed E-state index contributed by atoms with van der Waals surface area (Å²) in [6.07, 6.45) is 15.8. The van der Waals surface area contributed by atoms with Crippen molar-refractivity contribution in [2.24, 2.45) is 23.7 Å². The number of aliphatic hydroxyl groups is 1. The molecule has 2 fully saturated rings. The molecular weight excluding hydrogens is 220 g/mol. The predicted octanol–water partition coefficient (Wildman–Crippen LogP) is 4.56. The molecule has 0 amide bonds. The molecule has 1 heteroatoms. The monoisotopic (exact) mass is 250 g/mol. The van der Waals surface area contributed by atoms with Gasteiger partial charge in [-0.3, -0.25) is 0 Å². The molecule has 0 aromatic rings. The molecule has 0 aromatic carbocycles. The van der Waals surface area contributed by atoms with E-state index < -0.39 is 0 Å². The fraction of sp³-hybridized carbons (Fsp3) is 0.882. The Morgan fingerprint density at radius 1 is 0.833 bits per heavy atom. The van der Waals surface area contributed by atoms with Crippen molar-refractivity contribution in [1.82, 2.24) is 0 Å². The summed E-state index contributed by atoms with van der Waals surface area (Å²) in [5.74, 6) is 3.58. The van der Waals surface area contributed by atoms with E-state index in [1.807, 2.05) is 0 Å². The van der Waals surface area contributed by atoms with Gasteiger partial charge < -0.3 is 5.11 Å². The van der Waals surface area contributed by atoms with E-state index in [4.69, 9.17) is 0 Å². The Kier molecular flexibility index (Phi) is 5.75. The van der Waals surface area contributed by atoms with Crippen molar-refractivity contribution in [3.05, 3.63) is 12.7 Å². The SMILES string of the molecule is C=CCCC1CCC(C2CCC(CO)CC2)CC1. The van der Waals surface area contributed by atoms with Crippen molar-refractivity contribution in [3.8, 4) is 0 Å². The highest BCUT2D eigenvalue weighted by Gasteiger charge is 2.30. The molecule has 18 heavy (non-hydrogen) atoms. The molecule has 0 atom stereocenters. The number of hydrogen-bond donors (Lipinski definition) is 1. The maximum atomic E-state index is 9.20. The van der Waals surface area contributed by atoms with Crippen LogP contribution in [0.15, 0.2) is 12.7 Å². The molecule has 2 saturated carbocycles. The van der Waals surface area contributed by atoms with Gasteiger partial charge in [-0.1, -0.05) is 18.9 Å². The lowest BCUT2D eigenvalue weighted by Gasteiger charge is -2.37. The molecule has 0 saturated heterocycles. The molecule has 0 spiro atoms. The van der Waals surface area contributed by atoms with E-state index in [0.717, 1.165) is 17.8 Å². The number of rotatable bonds is 5. The van der Waals surface area contributed by atoms with E-state index in [2.05, 4.69) is 12.7 Å². The average Bonchev–Trinajstić information content (AvgIpc) is 2.46. The Bertz CT molecular complexity index is 232. The van der Waals surface area contributed by atoms with Gasteiger partial charge in [0.25, 0.3) is 0 Å². The van der Waals surface area contributed by atoms with Crippen LogP contribution in [0.3, 0.4) is 0 Å². The van der Waals surface area contributed by atoms with Crippen molar-refractivity contribution >= 4 is 0 Å². The van der Waals surface area contributed by atoms with Crippen molar-refractivity contribution in [1.29, 1.82) is 0 Å². The van der Waals surface area contributed by atoms with Crippen molar-refractivity contribution in [2.45, 2.75) is 64.2 Å². The normalized spacial score (nSPS) is 37.4. The van der Waals surface area contributed by atoms with Crippen LogP contribution in [0.1, 0.15) is 64.2 Å². The van der Waals surface area contributed by atoms with Crippen LogP contribution in [0.5, 0.6) is 0 Å². The Morgan fingerprint density at radius 3 is 1.78 bits per heavy atom. The van der Waals surface area contributed by atoms with Gasteiger partial charge in [-0.05, 0) is 75.0 Å². The minimum atomic E-state index is 0.418. The van der Waals surface area contributed by atoms with Gasteiger partial charge >= 0.3 is 0 Å². The summed E-state index contributed by atoms with van der Waals surface area (Å²) in [5, 5.41) is 9.20. The lowest BCUT2D eigenvalue weighted by Crippen LogP contribution is -2.26. The molecule has 2 rings (SSSR count). The fourth-order valence-electron chi connectivity index (χ4n) is 4.14. The zero-order valence-corrected chi connectivity index (χ0v) is 11.8. The van der Waals surface area contributed by atoms with Crippen LogP contribution in [0.2, 0.25) is 0 Å². The smallest absolute Gasteiger partial charge is 0.0459 e. The third kappa shape index (κ3) is 3.85. The van der Waals surface area contributed by atoms with Gasteiger partial charge in [0.1, 0.15) is 0 Å². The van der Waals surface area contributed by atoms with Gasteiger partial charge in [0, 0.05) is 6.61 Å². The molecule has 0 aliphatic heterocycles. The summed E-state index contributed by atoms with van der Waals surface area (Å²) in [5.41, 5.74) is 0. The first-order chi connectivity index (χ1) is 8.83. The van der Waals surface area contributed by atoms with Gasteiger partial charge in [0.15, 0.2) is 0 Å². The Balaban J connectivity index is 1.68. The second-order valence-electron chi connectivity index (χ2n) is 6.61. The van der Waals surface area contributed by atoms with E-state index >= 15 is 0 Å². The van der Waals surface area contributed by atoms with Crippen molar-refractivity contribution in [3.63, 3.8) is 0 Å². The number of aliphatic hydroxyl groups excluding tert-OH is 1. The van der Waals surface area contributed by atoms with E-state index in [0.29, 0.717) is 12.5 Å². The summed E-state index contributed by atoms with van der Waals surface area (Å²) in [7, 11) is 0. The maximum absolute atomic E-state index is 9.20. The van der Waals surface area contributed by atoms with Crippen LogP contribution >= 0.6 is 0 Å². The van der Waals surface area contributed by atoms with Crippen LogP contribution in [0, 0.1) is 23.7 Å². The topological polar surface area (TPSA) is 20.2 Å². The molecular formula is C17H30O. The third-order valence-electron chi connectivity index (χ3n) is 5.49. The predicted molar refractivity (Wildman–Crippen MR) is 77.4 cm³/mol. The average molecular weight is 250 g/mol. The lowest BCUT2D eigenvalue weighted by molar-refractivity contribution is 0.116. The fourth-order valence-corrected chi connectivity index (χ4v) is 4.14. The van der Waals surface area contributed by atoms with E-state index in [9.17, 15) is 5.11 Å². The number of allylic oxidation sites excluding steroid dienone is 1. The maximum Gasteiger partial charge on any atom is 0.0459 e. The Hall–Kier alpha value is -0.300. The Morgan fingerprint density at radius 2 is 1.33 bits per heavy atom. The Labute approximate surface area is 113 Å². The first-order valence-electron chi connectivity index (χ1n) is 8.05. The van der Waals surface area contributed by atoms with Crippen LogP contribution in [0.25, 0.3) is 0 Å². The van der Waals surface area contributed by atoms with Crippen LogP contribution in [0.4, 0.5) is 0 Å². The molecule has 0 bridgehead atoms. The summed E-state index contributed by atoms with van der Waals surface area (Å²) in [4.78, 5) is 0. The number of hydrogen-bond acceptors (Lipinski definition) is 1. The summed E-state index contributed by atoms with van der Waals surface area (Å²) < 4.78 is 0. The summed E-state index contributed by atoms with van der Waals surface area (Å²) in [6.45, 7) is 4.25.